The fraction of sp³-hybridized carbons (Fsp3) is 0.571. The summed E-state index contributed by atoms with van der Waals surface area (Å²) in [6, 6.07) is 5.27. The predicted molar refractivity (Wildman–Crippen MR) is 66.9 cm³/mol. The molecule has 1 aromatic carbocycles. The molecular weight excluding hydrogens is 217 g/mol. The van der Waals surface area contributed by atoms with E-state index in [4.69, 9.17) is 4.74 Å². The smallest absolute Gasteiger partial charge is 0.165 e. The quantitative estimate of drug-likeness (QED) is 0.869. The monoisotopic (exact) mass is 237 g/mol. The predicted octanol–water partition coefficient (Wildman–Crippen LogP) is 2.77. The Hall–Kier alpha value is -1.09. The number of ether oxygens (including phenoxy) is 1. The number of piperidine rings is 1. The molecule has 1 N–H and O–H groups in total. The van der Waals surface area contributed by atoms with Crippen LogP contribution in [0.25, 0.3) is 0 Å². The highest BCUT2D eigenvalue weighted by molar-refractivity contribution is 5.29. The van der Waals surface area contributed by atoms with Gasteiger partial charge in [0, 0.05) is 0 Å². The lowest BCUT2D eigenvalue weighted by Crippen LogP contribution is -2.27. The summed E-state index contributed by atoms with van der Waals surface area (Å²) in [5, 5.41) is 3.36. The lowest BCUT2D eigenvalue weighted by atomic mass is 9.91. The number of hydrogen-bond acceptors (Lipinski definition) is 2. The fourth-order valence-corrected chi connectivity index (χ4v) is 2.41. The summed E-state index contributed by atoms with van der Waals surface area (Å²) in [6.07, 6.45) is 4.62. The summed E-state index contributed by atoms with van der Waals surface area (Å²) in [5.41, 5.74) is 1.07. The van der Waals surface area contributed by atoms with Crippen LogP contribution in [0.3, 0.4) is 0 Å². The minimum atomic E-state index is -0.254. The SMILES string of the molecule is COc1ccc(CCC2CCNCC2)cc1F. The second-order valence-corrected chi connectivity index (χ2v) is 4.70. The number of nitrogens with one attached hydrogen (secondary N) is 1. The average Bonchev–Trinajstić information content (AvgIpc) is 2.38. The minimum Gasteiger partial charge on any atom is -0.494 e. The van der Waals surface area contributed by atoms with Crippen molar-refractivity contribution < 1.29 is 9.13 Å². The molecule has 0 radical (unpaired) electrons. The molecule has 1 fully saturated rings. The Kier molecular flexibility index (Phi) is 4.37. The van der Waals surface area contributed by atoms with E-state index in [1.54, 1.807) is 12.1 Å². The Balaban J connectivity index is 1.87. The molecule has 3 heteroatoms. The van der Waals surface area contributed by atoms with Crippen LogP contribution in [-0.4, -0.2) is 20.2 Å². The van der Waals surface area contributed by atoms with Gasteiger partial charge in [0.05, 0.1) is 7.11 Å². The van der Waals surface area contributed by atoms with Gasteiger partial charge >= 0.3 is 0 Å². The summed E-state index contributed by atoms with van der Waals surface area (Å²) in [7, 11) is 1.49. The van der Waals surface area contributed by atoms with Gasteiger partial charge in [0.1, 0.15) is 0 Å². The third-order valence-corrected chi connectivity index (χ3v) is 3.52. The van der Waals surface area contributed by atoms with Gasteiger partial charge in [0.25, 0.3) is 0 Å². The van der Waals surface area contributed by atoms with E-state index in [-0.39, 0.29) is 5.82 Å². The molecule has 2 rings (SSSR count). The van der Waals surface area contributed by atoms with E-state index in [9.17, 15) is 4.39 Å². The Bertz CT molecular complexity index is 361. The topological polar surface area (TPSA) is 21.3 Å². The third-order valence-electron chi connectivity index (χ3n) is 3.52. The van der Waals surface area contributed by atoms with Crippen LogP contribution in [-0.2, 0) is 6.42 Å². The summed E-state index contributed by atoms with van der Waals surface area (Å²) < 4.78 is 18.4. The number of hydrogen-bond donors (Lipinski definition) is 1. The van der Waals surface area contributed by atoms with Gasteiger partial charge in [-0.25, -0.2) is 4.39 Å². The van der Waals surface area contributed by atoms with Crippen molar-refractivity contribution in [2.24, 2.45) is 5.92 Å². The molecule has 17 heavy (non-hydrogen) atoms. The van der Waals surface area contributed by atoms with Crippen molar-refractivity contribution in [3.63, 3.8) is 0 Å². The largest absolute Gasteiger partial charge is 0.494 e. The first-order valence-electron chi connectivity index (χ1n) is 6.32. The van der Waals surface area contributed by atoms with Crippen LogP contribution in [0.5, 0.6) is 5.75 Å². The summed E-state index contributed by atoms with van der Waals surface area (Å²) >= 11 is 0. The zero-order chi connectivity index (χ0) is 12.1. The highest BCUT2D eigenvalue weighted by atomic mass is 19.1. The van der Waals surface area contributed by atoms with Crippen molar-refractivity contribution in [1.29, 1.82) is 0 Å². The molecule has 1 aromatic rings. The van der Waals surface area contributed by atoms with Gasteiger partial charge in [-0.15, -0.1) is 0 Å². The maximum atomic E-state index is 13.5. The number of aryl methyl sites for hydroxylation is 1. The Labute approximate surface area is 102 Å². The van der Waals surface area contributed by atoms with Crippen LogP contribution in [0.1, 0.15) is 24.8 Å². The lowest BCUT2D eigenvalue weighted by Gasteiger charge is -2.22. The molecule has 0 bridgehead atoms. The van der Waals surface area contributed by atoms with E-state index in [1.807, 2.05) is 6.07 Å². The van der Waals surface area contributed by atoms with E-state index >= 15 is 0 Å². The van der Waals surface area contributed by atoms with Crippen LogP contribution in [0, 0.1) is 11.7 Å². The van der Waals surface area contributed by atoms with Gasteiger partial charge in [-0.3, -0.25) is 0 Å². The number of benzene rings is 1. The van der Waals surface area contributed by atoms with Crippen molar-refractivity contribution >= 4 is 0 Å². The molecule has 1 aliphatic heterocycles. The zero-order valence-corrected chi connectivity index (χ0v) is 10.3. The highest BCUT2D eigenvalue weighted by Crippen LogP contribution is 2.22. The molecule has 1 saturated heterocycles. The van der Waals surface area contributed by atoms with Crippen LogP contribution < -0.4 is 10.1 Å². The molecule has 0 spiro atoms. The molecule has 0 unspecified atom stereocenters. The van der Waals surface area contributed by atoms with Crippen LogP contribution >= 0.6 is 0 Å². The minimum absolute atomic E-state index is 0.254. The van der Waals surface area contributed by atoms with Gasteiger partial charge in [-0.2, -0.15) is 0 Å². The standard InChI is InChI=1S/C14H20FNO/c1-17-14-5-4-12(10-13(14)15)3-2-11-6-8-16-9-7-11/h4-5,10-11,16H,2-3,6-9H2,1H3. The molecule has 0 aliphatic carbocycles. The maximum absolute atomic E-state index is 13.5. The normalized spacial score (nSPS) is 17.1. The maximum Gasteiger partial charge on any atom is 0.165 e. The second-order valence-electron chi connectivity index (χ2n) is 4.70. The van der Waals surface area contributed by atoms with E-state index < -0.39 is 0 Å². The molecular formula is C14H20FNO. The first kappa shape index (κ1) is 12.4. The van der Waals surface area contributed by atoms with Crippen molar-refractivity contribution in [2.75, 3.05) is 20.2 Å². The van der Waals surface area contributed by atoms with E-state index in [0.717, 1.165) is 37.4 Å². The summed E-state index contributed by atoms with van der Waals surface area (Å²) in [4.78, 5) is 0. The number of halogens is 1. The Morgan fingerprint density at radius 1 is 1.35 bits per heavy atom. The van der Waals surface area contributed by atoms with Gasteiger partial charge < -0.3 is 10.1 Å². The molecule has 0 saturated carbocycles. The zero-order valence-electron chi connectivity index (χ0n) is 10.3. The second kappa shape index (κ2) is 6.01. The summed E-state index contributed by atoms with van der Waals surface area (Å²) in [6.45, 7) is 2.25. The Morgan fingerprint density at radius 2 is 2.12 bits per heavy atom. The van der Waals surface area contributed by atoms with E-state index in [0.29, 0.717) is 5.75 Å². The highest BCUT2D eigenvalue weighted by Gasteiger charge is 2.13. The third kappa shape index (κ3) is 3.43. The van der Waals surface area contributed by atoms with E-state index in [2.05, 4.69) is 5.32 Å². The Morgan fingerprint density at radius 3 is 2.76 bits per heavy atom. The van der Waals surface area contributed by atoms with Crippen molar-refractivity contribution in [3.8, 4) is 5.75 Å². The van der Waals surface area contributed by atoms with E-state index in [1.165, 1.54) is 20.0 Å². The molecule has 1 aliphatic rings. The molecule has 1 heterocycles. The van der Waals surface area contributed by atoms with Crippen LogP contribution in [0.4, 0.5) is 4.39 Å². The molecule has 0 amide bonds. The first-order chi connectivity index (χ1) is 8.29. The van der Waals surface area contributed by atoms with Crippen molar-refractivity contribution in [1.82, 2.24) is 5.32 Å². The molecule has 2 nitrogen and oxygen atoms in total. The lowest BCUT2D eigenvalue weighted by molar-refractivity contribution is 0.354. The molecule has 94 valence electrons. The van der Waals surface area contributed by atoms with Gasteiger partial charge in [-0.1, -0.05) is 6.07 Å². The van der Waals surface area contributed by atoms with Gasteiger partial charge in [-0.05, 0) is 62.4 Å². The van der Waals surface area contributed by atoms with Crippen molar-refractivity contribution in [3.05, 3.63) is 29.6 Å². The molecule has 0 aromatic heterocycles. The van der Waals surface area contributed by atoms with Crippen LogP contribution in [0.2, 0.25) is 0 Å². The van der Waals surface area contributed by atoms with Gasteiger partial charge in [0.15, 0.2) is 11.6 Å². The average molecular weight is 237 g/mol. The fourth-order valence-electron chi connectivity index (χ4n) is 2.41. The number of rotatable bonds is 4. The number of methoxy groups -OCH3 is 1. The van der Waals surface area contributed by atoms with Crippen LogP contribution in [0.15, 0.2) is 18.2 Å². The summed E-state index contributed by atoms with van der Waals surface area (Å²) in [5.74, 6) is 0.868. The first-order valence-corrected chi connectivity index (χ1v) is 6.32. The molecule has 0 atom stereocenters. The van der Waals surface area contributed by atoms with Crippen molar-refractivity contribution in [2.45, 2.75) is 25.7 Å². The van der Waals surface area contributed by atoms with Gasteiger partial charge in [0.2, 0.25) is 0 Å².